The summed E-state index contributed by atoms with van der Waals surface area (Å²) < 4.78 is 13.4. The second-order valence-electron chi connectivity index (χ2n) is 6.75. The zero-order valence-electron chi connectivity index (χ0n) is 16.4. The van der Waals surface area contributed by atoms with Crippen molar-refractivity contribution in [1.29, 1.82) is 5.41 Å². The quantitative estimate of drug-likeness (QED) is 0.357. The SMILES string of the molecule is COCCCn1c(=N)c(C(=O)NCc2ccco2)cc2c(=O)n3ccccc3nc21. The molecular weight excluding hydrogens is 386 g/mol. The minimum atomic E-state index is -0.462. The first-order valence-electron chi connectivity index (χ1n) is 9.49. The lowest BCUT2D eigenvalue weighted by molar-refractivity contribution is 0.0945. The van der Waals surface area contributed by atoms with Crippen LogP contribution in [0.2, 0.25) is 0 Å². The molecule has 0 saturated carbocycles. The van der Waals surface area contributed by atoms with Crippen molar-refractivity contribution in [3.05, 3.63) is 76.0 Å². The van der Waals surface area contributed by atoms with E-state index in [1.54, 1.807) is 48.2 Å². The zero-order chi connectivity index (χ0) is 21.1. The van der Waals surface area contributed by atoms with Gasteiger partial charge in [0.05, 0.1) is 23.8 Å². The molecule has 0 saturated heterocycles. The molecule has 1 amide bonds. The van der Waals surface area contributed by atoms with Gasteiger partial charge in [0.2, 0.25) is 0 Å². The van der Waals surface area contributed by atoms with E-state index in [9.17, 15) is 9.59 Å². The third kappa shape index (κ3) is 3.62. The maximum absolute atomic E-state index is 13.1. The standard InChI is InChI=1S/C21H21N5O4/c1-29-10-5-9-26-18(22)15(20(27)23-13-14-6-4-11-30-14)12-16-19(26)24-17-7-2-3-8-25(17)21(16)28/h2-4,6-8,11-12,22H,5,9-10,13H2,1H3,(H,23,27). The van der Waals surface area contributed by atoms with E-state index in [1.807, 2.05) is 0 Å². The third-order valence-corrected chi connectivity index (χ3v) is 4.80. The van der Waals surface area contributed by atoms with Crippen molar-refractivity contribution in [1.82, 2.24) is 19.3 Å². The lowest BCUT2D eigenvalue weighted by Gasteiger charge is -2.14. The van der Waals surface area contributed by atoms with E-state index in [0.29, 0.717) is 36.6 Å². The van der Waals surface area contributed by atoms with E-state index in [4.69, 9.17) is 14.6 Å². The summed E-state index contributed by atoms with van der Waals surface area (Å²) >= 11 is 0. The topological polar surface area (TPSA) is 115 Å². The number of amides is 1. The number of hydrogen-bond donors (Lipinski definition) is 2. The number of rotatable bonds is 7. The van der Waals surface area contributed by atoms with Crippen LogP contribution in [-0.4, -0.2) is 33.6 Å². The summed E-state index contributed by atoms with van der Waals surface area (Å²) in [4.78, 5) is 30.5. The van der Waals surface area contributed by atoms with Gasteiger partial charge in [-0.2, -0.15) is 0 Å². The van der Waals surface area contributed by atoms with Gasteiger partial charge < -0.3 is 19.0 Å². The minimum absolute atomic E-state index is 0.0114. The first kappa shape index (κ1) is 19.6. The lowest BCUT2D eigenvalue weighted by atomic mass is 10.2. The molecule has 0 fully saturated rings. The Morgan fingerprint density at radius 1 is 1.30 bits per heavy atom. The average molecular weight is 407 g/mol. The molecule has 0 aromatic carbocycles. The Labute approximate surface area is 171 Å². The Kier molecular flexibility index (Phi) is 5.44. The van der Waals surface area contributed by atoms with Gasteiger partial charge in [-0.05, 0) is 36.8 Å². The second kappa shape index (κ2) is 8.34. The molecule has 30 heavy (non-hydrogen) atoms. The van der Waals surface area contributed by atoms with Crippen molar-refractivity contribution in [2.45, 2.75) is 19.5 Å². The number of carbonyl (C=O) groups is 1. The van der Waals surface area contributed by atoms with Gasteiger partial charge >= 0.3 is 0 Å². The highest BCUT2D eigenvalue weighted by Crippen LogP contribution is 2.11. The molecule has 0 radical (unpaired) electrons. The molecule has 0 atom stereocenters. The van der Waals surface area contributed by atoms with E-state index in [0.717, 1.165) is 0 Å². The van der Waals surface area contributed by atoms with Crippen molar-refractivity contribution in [3.8, 4) is 0 Å². The Morgan fingerprint density at radius 3 is 2.93 bits per heavy atom. The van der Waals surface area contributed by atoms with Gasteiger partial charge in [-0.15, -0.1) is 0 Å². The summed E-state index contributed by atoms with van der Waals surface area (Å²) in [5, 5.41) is 11.6. The van der Waals surface area contributed by atoms with Crippen molar-refractivity contribution >= 4 is 22.6 Å². The fourth-order valence-corrected chi connectivity index (χ4v) is 3.32. The number of carbonyl (C=O) groups excluding carboxylic acids is 1. The molecule has 2 N–H and O–H groups in total. The normalized spacial score (nSPS) is 11.2. The molecule has 154 valence electrons. The van der Waals surface area contributed by atoms with E-state index >= 15 is 0 Å². The van der Waals surface area contributed by atoms with E-state index < -0.39 is 5.91 Å². The number of hydrogen-bond acceptors (Lipinski definition) is 6. The molecule has 0 unspecified atom stereocenters. The number of ether oxygens (including phenoxy) is 1. The van der Waals surface area contributed by atoms with Crippen LogP contribution < -0.4 is 16.4 Å². The van der Waals surface area contributed by atoms with Crippen LogP contribution in [0.5, 0.6) is 0 Å². The highest BCUT2D eigenvalue weighted by molar-refractivity contribution is 5.96. The summed E-state index contributed by atoms with van der Waals surface area (Å²) in [6.45, 7) is 1.05. The van der Waals surface area contributed by atoms with Crippen molar-refractivity contribution < 1.29 is 13.9 Å². The minimum Gasteiger partial charge on any atom is -0.467 e. The first-order valence-corrected chi connectivity index (χ1v) is 9.49. The largest absolute Gasteiger partial charge is 0.467 e. The van der Waals surface area contributed by atoms with Gasteiger partial charge in [0.15, 0.2) is 0 Å². The smallest absolute Gasteiger partial charge is 0.267 e. The molecular formula is C21H21N5O4. The summed E-state index contributed by atoms with van der Waals surface area (Å²) in [7, 11) is 1.60. The molecule has 4 heterocycles. The monoisotopic (exact) mass is 407 g/mol. The van der Waals surface area contributed by atoms with Crippen molar-refractivity contribution in [2.24, 2.45) is 0 Å². The van der Waals surface area contributed by atoms with Gasteiger partial charge in [0.1, 0.15) is 22.5 Å². The molecule has 0 aliphatic heterocycles. The molecule has 4 aromatic rings. The average Bonchev–Trinajstić information content (AvgIpc) is 3.27. The van der Waals surface area contributed by atoms with Crippen molar-refractivity contribution in [2.75, 3.05) is 13.7 Å². The fraction of sp³-hybridized carbons (Fsp3) is 0.238. The molecule has 4 rings (SSSR count). The van der Waals surface area contributed by atoms with E-state index in [1.165, 1.54) is 16.7 Å². The van der Waals surface area contributed by atoms with Gasteiger partial charge in [0.25, 0.3) is 11.5 Å². The maximum atomic E-state index is 13.1. The molecule has 0 aliphatic rings. The van der Waals surface area contributed by atoms with Crippen LogP contribution in [0, 0.1) is 5.41 Å². The predicted octanol–water partition coefficient (Wildman–Crippen LogP) is 1.69. The number of nitrogens with zero attached hydrogens (tertiary/aromatic N) is 3. The Hall–Kier alpha value is -3.72. The number of aryl methyl sites for hydroxylation is 1. The summed E-state index contributed by atoms with van der Waals surface area (Å²) in [6.07, 6.45) is 3.76. The number of aromatic nitrogens is 3. The maximum Gasteiger partial charge on any atom is 0.267 e. The Balaban J connectivity index is 1.85. The van der Waals surface area contributed by atoms with Crippen LogP contribution in [0.1, 0.15) is 22.5 Å². The van der Waals surface area contributed by atoms with Crippen LogP contribution in [0.4, 0.5) is 0 Å². The van der Waals surface area contributed by atoms with Crippen LogP contribution >= 0.6 is 0 Å². The number of methoxy groups -OCH3 is 1. The van der Waals surface area contributed by atoms with Crippen LogP contribution in [0.25, 0.3) is 16.7 Å². The highest BCUT2D eigenvalue weighted by Gasteiger charge is 2.17. The van der Waals surface area contributed by atoms with Crippen LogP contribution in [0.15, 0.2) is 58.1 Å². The number of nitrogens with one attached hydrogen (secondary N) is 2. The Bertz CT molecular complexity index is 1320. The number of furan rings is 1. The molecule has 0 bridgehead atoms. The predicted molar refractivity (Wildman–Crippen MR) is 109 cm³/mol. The summed E-state index contributed by atoms with van der Waals surface area (Å²) in [5.41, 5.74) is 0.639. The molecule has 0 spiro atoms. The highest BCUT2D eigenvalue weighted by atomic mass is 16.5. The van der Waals surface area contributed by atoms with Gasteiger partial charge in [-0.25, -0.2) is 4.98 Å². The third-order valence-electron chi connectivity index (χ3n) is 4.80. The Morgan fingerprint density at radius 2 is 2.17 bits per heavy atom. The zero-order valence-corrected chi connectivity index (χ0v) is 16.4. The van der Waals surface area contributed by atoms with Gasteiger partial charge in [-0.1, -0.05) is 6.07 Å². The molecule has 9 heteroatoms. The molecule has 9 nitrogen and oxygen atoms in total. The van der Waals surface area contributed by atoms with Crippen molar-refractivity contribution in [3.63, 3.8) is 0 Å². The van der Waals surface area contributed by atoms with Crippen LogP contribution in [0.3, 0.4) is 0 Å². The number of fused-ring (bicyclic) bond motifs is 2. The fourth-order valence-electron chi connectivity index (χ4n) is 3.32. The van der Waals surface area contributed by atoms with Gasteiger partial charge in [0, 0.05) is 26.5 Å². The van der Waals surface area contributed by atoms with Crippen LogP contribution in [-0.2, 0) is 17.8 Å². The summed E-state index contributed by atoms with van der Waals surface area (Å²) in [6, 6.07) is 10.2. The number of pyridine rings is 2. The molecule has 0 aliphatic carbocycles. The van der Waals surface area contributed by atoms with Gasteiger partial charge in [-0.3, -0.25) is 19.4 Å². The molecule has 4 aromatic heterocycles. The summed E-state index contributed by atoms with van der Waals surface area (Å²) in [5.74, 6) is 0.132. The van der Waals surface area contributed by atoms with E-state index in [2.05, 4.69) is 10.3 Å². The lowest BCUT2D eigenvalue weighted by Crippen LogP contribution is -2.35. The second-order valence-corrected chi connectivity index (χ2v) is 6.75. The van der Waals surface area contributed by atoms with E-state index in [-0.39, 0.29) is 28.5 Å². The first-order chi connectivity index (χ1) is 14.6.